The van der Waals surface area contributed by atoms with E-state index < -0.39 is 17.6 Å². The molecule has 0 unspecified atom stereocenters. The molecule has 1 aromatic heterocycles. The summed E-state index contributed by atoms with van der Waals surface area (Å²) in [4.78, 5) is 17.3. The molecular formula is C12H10BrF3N4O. The van der Waals surface area contributed by atoms with Crippen molar-refractivity contribution in [1.29, 1.82) is 0 Å². The van der Waals surface area contributed by atoms with E-state index in [1.165, 1.54) is 30.4 Å². The fourth-order valence-electron chi connectivity index (χ4n) is 1.70. The van der Waals surface area contributed by atoms with E-state index in [2.05, 4.69) is 31.1 Å². The number of halogens is 4. The molecule has 2 aromatic rings. The van der Waals surface area contributed by atoms with E-state index in [1.54, 1.807) is 0 Å². The predicted molar refractivity (Wildman–Crippen MR) is 71.3 cm³/mol. The Balaban J connectivity index is 2.23. The lowest BCUT2D eigenvalue weighted by atomic mass is 10.1. The molecule has 21 heavy (non-hydrogen) atoms. The summed E-state index contributed by atoms with van der Waals surface area (Å²) >= 11 is 2.83. The molecule has 112 valence electrons. The third-order valence-electron chi connectivity index (χ3n) is 2.72. The SMILES string of the molecule is CN(Cc1ncn[nH]1)C(=O)c1ccc(Br)c(C(F)(F)F)c1. The van der Waals surface area contributed by atoms with Crippen molar-refractivity contribution in [2.75, 3.05) is 7.05 Å². The first kappa shape index (κ1) is 15.5. The quantitative estimate of drug-likeness (QED) is 0.912. The predicted octanol–water partition coefficient (Wildman–Crippen LogP) is 2.86. The van der Waals surface area contributed by atoms with Crippen molar-refractivity contribution >= 4 is 21.8 Å². The fraction of sp³-hybridized carbons (Fsp3) is 0.250. The minimum atomic E-state index is -4.53. The molecule has 1 aromatic carbocycles. The van der Waals surface area contributed by atoms with E-state index in [0.29, 0.717) is 5.82 Å². The van der Waals surface area contributed by atoms with Gasteiger partial charge in [-0.15, -0.1) is 0 Å². The topological polar surface area (TPSA) is 61.9 Å². The average molecular weight is 363 g/mol. The highest BCUT2D eigenvalue weighted by atomic mass is 79.9. The van der Waals surface area contributed by atoms with Gasteiger partial charge in [-0.25, -0.2) is 4.98 Å². The molecule has 0 aliphatic carbocycles. The Kier molecular flexibility index (Phi) is 4.31. The van der Waals surface area contributed by atoms with Crippen LogP contribution in [0, 0.1) is 0 Å². The van der Waals surface area contributed by atoms with E-state index in [0.717, 1.165) is 6.07 Å². The molecule has 0 fully saturated rings. The Labute approximate surface area is 126 Å². The van der Waals surface area contributed by atoms with Crippen LogP contribution in [0.15, 0.2) is 29.0 Å². The summed E-state index contributed by atoms with van der Waals surface area (Å²) in [7, 11) is 1.47. The minimum Gasteiger partial charge on any atom is -0.334 e. The summed E-state index contributed by atoms with van der Waals surface area (Å²) in [6.45, 7) is 0.121. The third kappa shape index (κ3) is 3.60. The highest BCUT2D eigenvalue weighted by molar-refractivity contribution is 9.10. The zero-order valence-corrected chi connectivity index (χ0v) is 12.4. The maximum Gasteiger partial charge on any atom is 0.417 e. The number of alkyl halides is 3. The summed E-state index contributed by atoms with van der Waals surface area (Å²) in [5, 5.41) is 6.21. The van der Waals surface area contributed by atoms with Gasteiger partial charge in [-0.3, -0.25) is 9.89 Å². The molecule has 1 amide bonds. The lowest BCUT2D eigenvalue weighted by molar-refractivity contribution is -0.138. The maximum absolute atomic E-state index is 12.8. The van der Waals surface area contributed by atoms with Crippen LogP contribution in [0.4, 0.5) is 13.2 Å². The van der Waals surface area contributed by atoms with Gasteiger partial charge in [0.1, 0.15) is 12.2 Å². The molecule has 0 saturated heterocycles. The van der Waals surface area contributed by atoms with Gasteiger partial charge >= 0.3 is 6.18 Å². The lowest BCUT2D eigenvalue weighted by Crippen LogP contribution is -2.27. The molecular weight excluding hydrogens is 353 g/mol. The van der Waals surface area contributed by atoms with Crippen LogP contribution >= 0.6 is 15.9 Å². The maximum atomic E-state index is 12.8. The summed E-state index contributed by atoms with van der Waals surface area (Å²) < 4.78 is 38.4. The van der Waals surface area contributed by atoms with E-state index in [9.17, 15) is 18.0 Å². The van der Waals surface area contributed by atoms with Crippen molar-refractivity contribution < 1.29 is 18.0 Å². The largest absolute Gasteiger partial charge is 0.417 e. The number of hydrogen-bond acceptors (Lipinski definition) is 3. The number of hydrogen-bond donors (Lipinski definition) is 1. The van der Waals surface area contributed by atoms with Crippen molar-refractivity contribution in [1.82, 2.24) is 20.1 Å². The molecule has 0 aliphatic heterocycles. The number of carbonyl (C=O) groups is 1. The molecule has 0 bridgehead atoms. The van der Waals surface area contributed by atoms with Crippen LogP contribution in [0.1, 0.15) is 21.7 Å². The Morgan fingerprint density at radius 2 is 2.14 bits per heavy atom. The monoisotopic (exact) mass is 362 g/mol. The average Bonchev–Trinajstić information content (AvgIpc) is 2.90. The van der Waals surface area contributed by atoms with Crippen LogP contribution in [0.3, 0.4) is 0 Å². The number of rotatable bonds is 3. The van der Waals surface area contributed by atoms with Gasteiger partial charge in [0.15, 0.2) is 0 Å². The molecule has 0 aliphatic rings. The van der Waals surface area contributed by atoms with Crippen LogP contribution in [-0.4, -0.2) is 33.0 Å². The molecule has 0 saturated carbocycles. The minimum absolute atomic E-state index is 0.0486. The number of H-pyrrole nitrogens is 1. The molecule has 0 spiro atoms. The first-order chi connectivity index (χ1) is 9.79. The Hall–Kier alpha value is -1.90. The first-order valence-electron chi connectivity index (χ1n) is 5.75. The van der Waals surface area contributed by atoms with Gasteiger partial charge in [-0.05, 0) is 18.2 Å². The van der Waals surface area contributed by atoms with E-state index in [1.807, 2.05) is 0 Å². The molecule has 0 atom stereocenters. The number of carbonyl (C=O) groups excluding carboxylic acids is 1. The van der Waals surface area contributed by atoms with Crippen molar-refractivity contribution in [2.45, 2.75) is 12.7 Å². The molecule has 2 rings (SSSR count). The zero-order valence-electron chi connectivity index (χ0n) is 10.8. The fourth-order valence-corrected chi connectivity index (χ4v) is 2.17. The molecule has 9 heteroatoms. The number of aromatic nitrogens is 3. The number of nitrogens with one attached hydrogen (secondary N) is 1. The van der Waals surface area contributed by atoms with Crippen LogP contribution in [0.5, 0.6) is 0 Å². The van der Waals surface area contributed by atoms with Crippen LogP contribution in [-0.2, 0) is 12.7 Å². The number of benzene rings is 1. The summed E-state index contributed by atoms with van der Waals surface area (Å²) in [5.74, 6) is -0.0941. The second-order valence-corrected chi connectivity index (χ2v) is 5.14. The lowest BCUT2D eigenvalue weighted by Gasteiger charge is -2.17. The number of aromatic amines is 1. The Bertz CT molecular complexity index is 642. The van der Waals surface area contributed by atoms with Gasteiger partial charge in [0.2, 0.25) is 0 Å². The van der Waals surface area contributed by atoms with Crippen LogP contribution < -0.4 is 0 Å². The molecule has 0 radical (unpaired) electrons. The van der Waals surface area contributed by atoms with Gasteiger partial charge in [0, 0.05) is 17.1 Å². The summed E-state index contributed by atoms with van der Waals surface area (Å²) in [5.41, 5.74) is -0.936. The van der Waals surface area contributed by atoms with E-state index >= 15 is 0 Å². The standard InChI is InChI=1S/C12H10BrF3N4O/c1-20(5-10-17-6-18-19-10)11(21)7-2-3-9(13)8(4-7)12(14,15)16/h2-4,6H,5H2,1H3,(H,17,18,19). The normalized spacial score (nSPS) is 11.5. The van der Waals surface area contributed by atoms with Gasteiger partial charge in [0.25, 0.3) is 5.91 Å². The number of nitrogens with zero attached hydrogens (tertiary/aromatic N) is 3. The number of amides is 1. The van der Waals surface area contributed by atoms with Crippen LogP contribution in [0.2, 0.25) is 0 Å². The van der Waals surface area contributed by atoms with Crippen molar-refractivity contribution in [3.8, 4) is 0 Å². The molecule has 1 N–H and O–H groups in total. The van der Waals surface area contributed by atoms with Crippen molar-refractivity contribution in [3.05, 3.63) is 46.0 Å². The third-order valence-corrected chi connectivity index (χ3v) is 3.41. The van der Waals surface area contributed by atoms with Gasteiger partial charge in [-0.2, -0.15) is 18.3 Å². The highest BCUT2D eigenvalue weighted by Gasteiger charge is 2.33. The van der Waals surface area contributed by atoms with Gasteiger partial charge in [-0.1, -0.05) is 15.9 Å². The zero-order chi connectivity index (χ0) is 15.6. The van der Waals surface area contributed by atoms with E-state index in [4.69, 9.17) is 0 Å². The van der Waals surface area contributed by atoms with Gasteiger partial charge < -0.3 is 4.90 Å². The Morgan fingerprint density at radius 3 is 2.71 bits per heavy atom. The van der Waals surface area contributed by atoms with Crippen molar-refractivity contribution in [2.24, 2.45) is 0 Å². The Morgan fingerprint density at radius 1 is 1.43 bits per heavy atom. The molecule has 1 heterocycles. The van der Waals surface area contributed by atoms with Gasteiger partial charge in [0.05, 0.1) is 12.1 Å². The molecule has 5 nitrogen and oxygen atoms in total. The second-order valence-electron chi connectivity index (χ2n) is 4.29. The smallest absolute Gasteiger partial charge is 0.334 e. The highest BCUT2D eigenvalue weighted by Crippen LogP contribution is 2.35. The summed E-state index contributed by atoms with van der Waals surface area (Å²) in [6, 6.07) is 3.36. The first-order valence-corrected chi connectivity index (χ1v) is 6.55. The van der Waals surface area contributed by atoms with Crippen molar-refractivity contribution in [3.63, 3.8) is 0 Å². The summed E-state index contributed by atoms with van der Waals surface area (Å²) in [6.07, 6.45) is -3.24. The van der Waals surface area contributed by atoms with Crippen LogP contribution in [0.25, 0.3) is 0 Å². The second kappa shape index (κ2) is 5.84. The van der Waals surface area contributed by atoms with E-state index in [-0.39, 0.29) is 16.6 Å².